The monoisotopic (exact) mass is 404 g/mol. The third kappa shape index (κ3) is 2.53. The summed E-state index contributed by atoms with van der Waals surface area (Å²) in [6.45, 7) is 4.62. The van der Waals surface area contributed by atoms with E-state index < -0.39 is 0 Å². The number of phenols is 1. The first kappa shape index (κ1) is 18.6. The number of rotatable bonds is 3. The lowest BCUT2D eigenvalue weighted by molar-refractivity contribution is -0.00887. The molecule has 1 aromatic rings. The molecule has 1 aromatic carbocycles. The number of phenolic OH excluding ortho intramolecular Hbond substituents is 1. The van der Waals surface area contributed by atoms with Crippen LogP contribution in [0.2, 0.25) is 0 Å². The van der Waals surface area contributed by atoms with Gasteiger partial charge in [-0.15, -0.1) is 0 Å². The van der Waals surface area contributed by atoms with Gasteiger partial charge in [-0.2, -0.15) is 0 Å². The maximum atomic E-state index is 11.4. The van der Waals surface area contributed by atoms with Gasteiger partial charge in [-0.05, 0) is 146 Å². The lowest BCUT2D eigenvalue weighted by Crippen LogP contribution is -2.50. The Kier molecular flexibility index (Phi) is 3.76. The summed E-state index contributed by atoms with van der Waals surface area (Å²) in [7, 11) is 0. The number of aromatic hydroxyl groups is 1. The minimum atomic E-state index is 0.379. The first-order valence-corrected chi connectivity index (χ1v) is 13.3. The van der Waals surface area contributed by atoms with Crippen LogP contribution < -0.4 is 0 Å². The van der Waals surface area contributed by atoms with Crippen molar-refractivity contribution < 1.29 is 5.11 Å². The largest absolute Gasteiger partial charge is 0.508 e. The van der Waals surface area contributed by atoms with Crippen LogP contribution in [-0.2, 0) is 10.8 Å². The maximum Gasteiger partial charge on any atom is 0.119 e. The van der Waals surface area contributed by atoms with Gasteiger partial charge in [0.15, 0.2) is 0 Å². The zero-order valence-electron chi connectivity index (χ0n) is 19.1. The van der Waals surface area contributed by atoms with Crippen LogP contribution in [0.3, 0.4) is 0 Å². The summed E-state index contributed by atoms with van der Waals surface area (Å²) < 4.78 is 0. The van der Waals surface area contributed by atoms with Crippen LogP contribution in [-0.4, -0.2) is 5.11 Å². The predicted molar refractivity (Wildman–Crippen MR) is 122 cm³/mol. The third-order valence-electron chi connectivity index (χ3n) is 11.0. The Morgan fingerprint density at radius 2 is 1.07 bits per heavy atom. The van der Waals surface area contributed by atoms with Crippen LogP contribution in [0.1, 0.15) is 114 Å². The lowest BCUT2D eigenvalue weighted by Gasteiger charge is -2.59. The molecule has 0 atom stereocenters. The van der Waals surface area contributed by atoms with Crippen LogP contribution in [0.15, 0.2) is 12.1 Å². The third-order valence-corrected chi connectivity index (χ3v) is 11.0. The van der Waals surface area contributed by atoms with Gasteiger partial charge >= 0.3 is 0 Å². The SMILES string of the molecule is CC(C)c1c(O)cc(C23CC4CC(CC(C4)C2)C3)cc1C12CC3CC(CC(C3)C1)C2. The molecule has 8 fully saturated rings. The molecule has 0 saturated heterocycles. The van der Waals surface area contributed by atoms with E-state index in [0.717, 1.165) is 35.5 Å². The molecule has 1 heteroatoms. The molecule has 0 aliphatic heterocycles. The van der Waals surface area contributed by atoms with Gasteiger partial charge in [-0.1, -0.05) is 19.9 Å². The van der Waals surface area contributed by atoms with Crippen molar-refractivity contribution in [2.45, 2.75) is 108 Å². The van der Waals surface area contributed by atoms with E-state index in [1.165, 1.54) is 82.6 Å². The molecule has 0 aromatic heterocycles. The Hall–Kier alpha value is -0.980. The summed E-state index contributed by atoms with van der Waals surface area (Å²) in [6, 6.07) is 4.96. The zero-order chi connectivity index (χ0) is 20.3. The Labute approximate surface area is 183 Å². The minimum absolute atomic E-state index is 0.379. The summed E-state index contributed by atoms with van der Waals surface area (Å²) in [5, 5.41) is 11.4. The van der Waals surface area contributed by atoms with E-state index in [9.17, 15) is 5.11 Å². The molecule has 8 bridgehead atoms. The van der Waals surface area contributed by atoms with E-state index in [-0.39, 0.29) is 0 Å². The van der Waals surface area contributed by atoms with Gasteiger partial charge in [0.25, 0.3) is 0 Å². The molecule has 0 amide bonds. The molecular weight excluding hydrogens is 364 g/mol. The average molecular weight is 405 g/mol. The maximum absolute atomic E-state index is 11.4. The molecule has 1 nitrogen and oxygen atoms in total. The summed E-state index contributed by atoms with van der Waals surface area (Å²) in [5.41, 5.74) is 5.24. The fourth-order valence-corrected chi connectivity index (χ4v) is 10.9. The van der Waals surface area contributed by atoms with E-state index in [1.54, 1.807) is 11.1 Å². The van der Waals surface area contributed by atoms with Crippen LogP contribution in [0, 0.1) is 35.5 Å². The molecule has 8 saturated carbocycles. The molecule has 0 spiro atoms. The molecule has 30 heavy (non-hydrogen) atoms. The van der Waals surface area contributed by atoms with Crippen molar-refractivity contribution in [3.8, 4) is 5.75 Å². The zero-order valence-corrected chi connectivity index (χ0v) is 19.1. The van der Waals surface area contributed by atoms with Crippen LogP contribution in [0.5, 0.6) is 5.75 Å². The Bertz CT molecular complexity index is 806. The second-order valence-electron chi connectivity index (χ2n) is 13.5. The van der Waals surface area contributed by atoms with Gasteiger partial charge in [-0.25, -0.2) is 0 Å². The van der Waals surface area contributed by atoms with Crippen molar-refractivity contribution in [3.63, 3.8) is 0 Å². The van der Waals surface area contributed by atoms with E-state index in [0.29, 0.717) is 22.5 Å². The smallest absolute Gasteiger partial charge is 0.119 e. The first-order valence-electron chi connectivity index (χ1n) is 13.3. The van der Waals surface area contributed by atoms with Crippen molar-refractivity contribution in [1.29, 1.82) is 0 Å². The molecule has 8 aliphatic rings. The van der Waals surface area contributed by atoms with Gasteiger partial charge < -0.3 is 5.11 Å². The molecule has 1 N–H and O–H groups in total. The Morgan fingerprint density at radius 1 is 0.667 bits per heavy atom. The van der Waals surface area contributed by atoms with Crippen molar-refractivity contribution >= 4 is 0 Å². The van der Waals surface area contributed by atoms with Gasteiger partial charge in [0.2, 0.25) is 0 Å². The summed E-state index contributed by atoms with van der Waals surface area (Å²) in [5.74, 6) is 6.83. The highest BCUT2D eigenvalue weighted by Crippen LogP contribution is 2.64. The van der Waals surface area contributed by atoms with Crippen LogP contribution >= 0.6 is 0 Å². The topological polar surface area (TPSA) is 20.2 Å². The van der Waals surface area contributed by atoms with Crippen LogP contribution in [0.4, 0.5) is 0 Å². The number of hydrogen-bond acceptors (Lipinski definition) is 1. The molecule has 0 unspecified atom stereocenters. The Morgan fingerprint density at radius 3 is 1.47 bits per heavy atom. The van der Waals surface area contributed by atoms with Crippen molar-refractivity contribution in [1.82, 2.24) is 0 Å². The standard InChI is InChI=1S/C29H40O/c1-17(2)27-25(29-14-21-6-22(15-29)8-23(7-21)16-29)9-24(10-26(27)30)28-11-18-3-19(12-28)5-20(4-18)13-28/h9-10,17-23,30H,3-8,11-16H2,1-2H3. The number of benzene rings is 1. The van der Waals surface area contributed by atoms with Crippen molar-refractivity contribution in [3.05, 3.63) is 28.8 Å². The summed E-state index contributed by atoms with van der Waals surface area (Å²) >= 11 is 0. The second kappa shape index (κ2) is 6.08. The minimum Gasteiger partial charge on any atom is -0.508 e. The van der Waals surface area contributed by atoms with Crippen molar-refractivity contribution in [2.75, 3.05) is 0 Å². The quantitative estimate of drug-likeness (QED) is 0.554. The highest BCUT2D eigenvalue weighted by Gasteiger charge is 2.55. The first-order chi connectivity index (χ1) is 14.4. The van der Waals surface area contributed by atoms with Crippen molar-refractivity contribution in [2.24, 2.45) is 35.5 Å². The normalized spacial score (nSPS) is 48.1. The summed E-state index contributed by atoms with van der Waals surface area (Å²) in [4.78, 5) is 0. The highest BCUT2D eigenvalue weighted by atomic mass is 16.3. The second-order valence-corrected chi connectivity index (χ2v) is 13.5. The van der Waals surface area contributed by atoms with E-state index >= 15 is 0 Å². The average Bonchev–Trinajstić information content (AvgIpc) is 2.65. The van der Waals surface area contributed by atoms with Gasteiger partial charge in [0, 0.05) is 5.56 Å². The number of hydrogen-bond donors (Lipinski definition) is 1. The van der Waals surface area contributed by atoms with E-state index in [1.807, 2.05) is 0 Å². The fourth-order valence-electron chi connectivity index (χ4n) is 10.9. The van der Waals surface area contributed by atoms with Gasteiger partial charge in [-0.3, -0.25) is 0 Å². The predicted octanol–water partition coefficient (Wildman–Crippen LogP) is 7.45. The molecule has 162 valence electrons. The lowest BCUT2D eigenvalue weighted by atomic mass is 9.46. The van der Waals surface area contributed by atoms with E-state index in [2.05, 4.69) is 26.0 Å². The molecule has 8 aliphatic carbocycles. The molecular formula is C29H40O. The highest BCUT2D eigenvalue weighted by molar-refractivity contribution is 5.51. The Balaban J connectivity index is 1.37. The van der Waals surface area contributed by atoms with E-state index in [4.69, 9.17) is 0 Å². The van der Waals surface area contributed by atoms with Gasteiger partial charge in [0.05, 0.1) is 0 Å². The molecule has 0 heterocycles. The molecule has 9 rings (SSSR count). The molecule has 0 radical (unpaired) electrons. The van der Waals surface area contributed by atoms with Crippen LogP contribution in [0.25, 0.3) is 0 Å². The fraction of sp³-hybridized carbons (Fsp3) is 0.793. The summed E-state index contributed by atoms with van der Waals surface area (Å²) in [6.07, 6.45) is 17.4. The van der Waals surface area contributed by atoms with Gasteiger partial charge in [0.1, 0.15) is 5.75 Å².